The van der Waals surface area contributed by atoms with Crippen molar-refractivity contribution in [1.29, 1.82) is 0 Å². The molecule has 8 nitrogen and oxygen atoms in total. The summed E-state index contributed by atoms with van der Waals surface area (Å²) in [7, 11) is 0. The van der Waals surface area contributed by atoms with E-state index >= 15 is 0 Å². The molecule has 0 aliphatic rings. The third kappa shape index (κ3) is 5.52. The molecule has 0 saturated heterocycles. The van der Waals surface area contributed by atoms with E-state index in [4.69, 9.17) is 0 Å². The fraction of sp³-hybridized carbons (Fsp3) is 0.167. The number of carbonyl (C=O) groups excluding carboxylic acids is 2. The zero-order chi connectivity index (χ0) is 19.1. The molecular weight excluding hydrogens is 336 g/mol. The normalized spacial score (nSPS) is 10.9. The van der Waals surface area contributed by atoms with Crippen molar-refractivity contribution in [3.05, 3.63) is 69.8 Å². The summed E-state index contributed by atoms with van der Waals surface area (Å²) < 4.78 is 0. The number of hydrazone groups is 1. The molecule has 0 atom stereocenters. The third-order valence-corrected chi connectivity index (χ3v) is 3.41. The molecule has 2 N–H and O–H groups in total. The molecular formula is C18H18N4O4. The van der Waals surface area contributed by atoms with Crippen LogP contribution in [0.4, 0.5) is 11.4 Å². The molecule has 0 spiro atoms. The Balaban J connectivity index is 1.88. The molecule has 134 valence electrons. The molecule has 2 amide bonds. The van der Waals surface area contributed by atoms with Gasteiger partial charge < -0.3 is 5.32 Å². The van der Waals surface area contributed by atoms with Crippen LogP contribution in [0.25, 0.3) is 0 Å². The summed E-state index contributed by atoms with van der Waals surface area (Å²) in [6, 6.07) is 12.6. The molecule has 0 fully saturated rings. The van der Waals surface area contributed by atoms with E-state index in [-0.39, 0.29) is 23.9 Å². The highest BCUT2D eigenvalue weighted by Gasteiger charge is 2.09. The second kappa shape index (κ2) is 8.52. The van der Waals surface area contributed by atoms with Crippen LogP contribution in [0.2, 0.25) is 0 Å². The first kappa shape index (κ1) is 18.8. The van der Waals surface area contributed by atoms with Crippen LogP contribution < -0.4 is 10.7 Å². The Hall–Kier alpha value is -3.55. The zero-order valence-electron chi connectivity index (χ0n) is 14.4. The van der Waals surface area contributed by atoms with E-state index in [1.807, 2.05) is 13.0 Å². The Morgan fingerprint density at radius 3 is 2.46 bits per heavy atom. The van der Waals surface area contributed by atoms with Crippen LogP contribution in [0.3, 0.4) is 0 Å². The Labute approximate surface area is 150 Å². The SMILES string of the molecule is C/C(CC(=O)Nc1ccc([N+](=O)[O-])cc1)=N/NC(=O)c1cccc(C)c1. The Morgan fingerprint density at radius 2 is 1.85 bits per heavy atom. The summed E-state index contributed by atoms with van der Waals surface area (Å²) in [4.78, 5) is 34.0. The Bertz CT molecular complexity index is 860. The van der Waals surface area contributed by atoms with Gasteiger partial charge in [0.25, 0.3) is 11.6 Å². The van der Waals surface area contributed by atoms with Crippen molar-refractivity contribution in [2.75, 3.05) is 5.32 Å². The van der Waals surface area contributed by atoms with Crippen LogP contribution >= 0.6 is 0 Å². The number of anilines is 1. The van der Waals surface area contributed by atoms with Crippen molar-refractivity contribution in [2.45, 2.75) is 20.3 Å². The summed E-state index contributed by atoms with van der Waals surface area (Å²) >= 11 is 0. The molecule has 8 heteroatoms. The van der Waals surface area contributed by atoms with Crippen LogP contribution in [0.5, 0.6) is 0 Å². The number of nitrogens with zero attached hydrogens (tertiary/aromatic N) is 2. The first-order chi connectivity index (χ1) is 12.3. The lowest BCUT2D eigenvalue weighted by molar-refractivity contribution is -0.384. The largest absolute Gasteiger partial charge is 0.326 e. The molecule has 26 heavy (non-hydrogen) atoms. The number of aryl methyl sites for hydroxylation is 1. The number of benzene rings is 2. The molecule has 0 bridgehead atoms. The highest BCUT2D eigenvalue weighted by molar-refractivity contribution is 6.06. The lowest BCUT2D eigenvalue weighted by Gasteiger charge is -2.06. The first-order valence-corrected chi connectivity index (χ1v) is 7.79. The number of rotatable bonds is 6. The van der Waals surface area contributed by atoms with Gasteiger partial charge in [-0.2, -0.15) is 5.10 Å². The second-order valence-electron chi connectivity index (χ2n) is 5.69. The van der Waals surface area contributed by atoms with E-state index in [0.29, 0.717) is 17.0 Å². The number of hydrogen-bond acceptors (Lipinski definition) is 5. The molecule has 2 rings (SSSR count). The topological polar surface area (TPSA) is 114 Å². The van der Waals surface area contributed by atoms with Crippen molar-refractivity contribution in [2.24, 2.45) is 5.10 Å². The van der Waals surface area contributed by atoms with Crippen LogP contribution in [0.1, 0.15) is 29.3 Å². The maximum Gasteiger partial charge on any atom is 0.271 e. The molecule has 0 heterocycles. The lowest BCUT2D eigenvalue weighted by atomic mass is 10.1. The Morgan fingerprint density at radius 1 is 1.15 bits per heavy atom. The summed E-state index contributed by atoms with van der Waals surface area (Å²) in [6.07, 6.45) is -0.0227. The van der Waals surface area contributed by atoms with E-state index < -0.39 is 4.92 Å². The quantitative estimate of drug-likeness (QED) is 0.471. The van der Waals surface area contributed by atoms with Crippen molar-refractivity contribution in [3.63, 3.8) is 0 Å². The maximum atomic E-state index is 12.0. The van der Waals surface area contributed by atoms with Gasteiger partial charge in [0.05, 0.1) is 11.3 Å². The number of nitro benzene ring substituents is 1. The lowest BCUT2D eigenvalue weighted by Crippen LogP contribution is -2.21. The predicted molar refractivity (Wildman–Crippen MR) is 98.1 cm³/mol. The van der Waals surface area contributed by atoms with Crippen molar-refractivity contribution in [3.8, 4) is 0 Å². The number of nitrogens with one attached hydrogen (secondary N) is 2. The highest BCUT2D eigenvalue weighted by Crippen LogP contribution is 2.15. The van der Waals surface area contributed by atoms with Gasteiger partial charge in [-0.1, -0.05) is 17.7 Å². The molecule has 0 aliphatic heterocycles. The summed E-state index contributed by atoms with van der Waals surface area (Å²) in [5.41, 5.74) is 4.66. The molecule has 0 aromatic heterocycles. The van der Waals surface area contributed by atoms with Crippen LogP contribution in [-0.4, -0.2) is 22.4 Å². The highest BCUT2D eigenvalue weighted by atomic mass is 16.6. The molecule has 0 unspecified atom stereocenters. The van der Waals surface area contributed by atoms with Gasteiger partial charge in [0, 0.05) is 29.1 Å². The summed E-state index contributed by atoms with van der Waals surface area (Å²) in [5.74, 6) is -0.700. The van der Waals surface area contributed by atoms with Gasteiger partial charge in [-0.25, -0.2) is 5.43 Å². The third-order valence-electron chi connectivity index (χ3n) is 3.41. The molecule has 2 aromatic carbocycles. The number of hydrogen-bond donors (Lipinski definition) is 2. The standard InChI is InChI=1S/C18H18N4O4/c1-12-4-3-5-14(10-12)18(24)21-20-13(2)11-17(23)19-15-6-8-16(9-7-15)22(25)26/h3-10H,11H2,1-2H3,(H,19,23)(H,21,24)/b20-13-. The Kier molecular flexibility index (Phi) is 6.15. The average Bonchev–Trinajstić information content (AvgIpc) is 2.60. The van der Waals surface area contributed by atoms with E-state index in [2.05, 4.69) is 15.8 Å². The summed E-state index contributed by atoms with van der Waals surface area (Å²) in [6.45, 7) is 3.50. The monoisotopic (exact) mass is 354 g/mol. The van der Waals surface area contributed by atoms with E-state index in [1.165, 1.54) is 24.3 Å². The average molecular weight is 354 g/mol. The maximum absolute atomic E-state index is 12.0. The number of amides is 2. The number of carbonyl (C=O) groups is 2. The van der Waals surface area contributed by atoms with Crippen LogP contribution in [0, 0.1) is 17.0 Å². The predicted octanol–water partition coefficient (Wildman–Crippen LogP) is 3.04. The molecule has 2 aromatic rings. The van der Waals surface area contributed by atoms with Crippen LogP contribution in [-0.2, 0) is 4.79 Å². The minimum atomic E-state index is -0.515. The van der Waals surface area contributed by atoms with Gasteiger partial charge in [0.2, 0.25) is 5.91 Å². The van der Waals surface area contributed by atoms with Gasteiger partial charge in [-0.05, 0) is 38.1 Å². The molecule has 0 saturated carbocycles. The molecule has 0 radical (unpaired) electrons. The smallest absolute Gasteiger partial charge is 0.271 e. The zero-order valence-corrected chi connectivity index (χ0v) is 14.4. The fourth-order valence-electron chi connectivity index (χ4n) is 2.14. The van der Waals surface area contributed by atoms with Gasteiger partial charge in [0.1, 0.15) is 0 Å². The fourth-order valence-corrected chi connectivity index (χ4v) is 2.14. The molecule has 0 aliphatic carbocycles. The van der Waals surface area contributed by atoms with Gasteiger partial charge in [0.15, 0.2) is 0 Å². The van der Waals surface area contributed by atoms with E-state index in [1.54, 1.807) is 25.1 Å². The van der Waals surface area contributed by atoms with E-state index in [0.717, 1.165) is 5.56 Å². The number of non-ortho nitro benzene ring substituents is 1. The number of nitro groups is 1. The minimum absolute atomic E-state index is 0.0227. The van der Waals surface area contributed by atoms with Crippen molar-refractivity contribution >= 4 is 28.9 Å². The van der Waals surface area contributed by atoms with Gasteiger partial charge in [-0.15, -0.1) is 0 Å². The van der Waals surface area contributed by atoms with Crippen molar-refractivity contribution in [1.82, 2.24) is 5.43 Å². The minimum Gasteiger partial charge on any atom is -0.326 e. The van der Waals surface area contributed by atoms with Crippen molar-refractivity contribution < 1.29 is 14.5 Å². The second-order valence-corrected chi connectivity index (χ2v) is 5.69. The van der Waals surface area contributed by atoms with Gasteiger partial charge in [-0.3, -0.25) is 19.7 Å². The van der Waals surface area contributed by atoms with Gasteiger partial charge >= 0.3 is 0 Å². The first-order valence-electron chi connectivity index (χ1n) is 7.79. The van der Waals surface area contributed by atoms with Crippen LogP contribution in [0.15, 0.2) is 53.6 Å². The van der Waals surface area contributed by atoms with E-state index in [9.17, 15) is 19.7 Å². The summed E-state index contributed by atoms with van der Waals surface area (Å²) in [5, 5.41) is 17.1.